The van der Waals surface area contributed by atoms with E-state index in [2.05, 4.69) is 5.10 Å². The summed E-state index contributed by atoms with van der Waals surface area (Å²) < 4.78 is 81.6. The molecule has 0 aromatic heterocycles. The highest BCUT2D eigenvalue weighted by molar-refractivity contribution is 5.84. The first-order valence-corrected chi connectivity index (χ1v) is 7.17. The minimum absolute atomic E-state index is 0.00970. The van der Waals surface area contributed by atoms with Gasteiger partial charge < -0.3 is 10.5 Å². The van der Waals surface area contributed by atoms with Crippen LogP contribution in [0.15, 0.2) is 23.3 Å². The molecule has 0 atom stereocenters. The van der Waals surface area contributed by atoms with E-state index in [1.165, 1.54) is 0 Å². The molecule has 0 fully saturated rings. The van der Waals surface area contributed by atoms with Crippen LogP contribution in [0.25, 0.3) is 0 Å². The second-order valence-electron chi connectivity index (χ2n) is 6.31. The smallest absolute Gasteiger partial charge is 0.428 e. The maximum atomic E-state index is 12.8. The topological polar surface area (TPSA) is 76.7 Å². The van der Waals surface area contributed by atoms with E-state index >= 15 is 0 Å². The van der Waals surface area contributed by atoms with Gasteiger partial charge in [0.05, 0.1) is 11.1 Å². The van der Waals surface area contributed by atoms with Gasteiger partial charge in [0.15, 0.2) is 0 Å². The summed E-state index contributed by atoms with van der Waals surface area (Å²) in [5, 5.41) is 3.39. The fourth-order valence-corrected chi connectivity index (χ4v) is 1.79. The van der Waals surface area contributed by atoms with Crippen LogP contribution in [0.4, 0.5) is 31.1 Å². The molecule has 1 aromatic rings. The zero-order valence-corrected chi connectivity index (χ0v) is 14.0. The number of ether oxygens (including phenoxy) is 1. The maximum absolute atomic E-state index is 12.8. The molecule has 1 rings (SSSR count). The zero-order valence-electron chi connectivity index (χ0n) is 14.0. The number of nitrogens with one attached hydrogen (secondary N) is 1. The van der Waals surface area contributed by atoms with Crippen LogP contribution in [-0.4, -0.2) is 17.5 Å². The maximum Gasteiger partial charge on any atom is 0.428 e. The highest BCUT2D eigenvalue weighted by atomic mass is 19.4. The van der Waals surface area contributed by atoms with Gasteiger partial charge in [0.2, 0.25) is 0 Å². The molecule has 1 aromatic carbocycles. The molecule has 146 valence electrons. The molecule has 0 saturated heterocycles. The Morgan fingerprint density at radius 2 is 1.50 bits per heavy atom. The fraction of sp³-hybridized carbons (Fsp3) is 0.467. The second-order valence-corrected chi connectivity index (χ2v) is 6.31. The normalized spacial score (nSPS) is 13.5. The lowest BCUT2D eigenvalue weighted by molar-refractivity contribution is -0.143. The molecular weight excluding hydrogens is 368 g/mol. The Hall–Kier alpha value is -2.46. The lowest BCUT2D eigenvalue weighted by atomic mass is 10.0. The molecule has 0 spiro atoms. The monoisotopic (exact) mass is 385 g/mol. The number of amides is 1. The van der Waals surface area contributed by atoms with Gasteiger partial charge in [-0.25, -0.2) is 10.2 Å². The third-order valence-corrected chi connectivity index (χ3v) is 2.72. The van der Waals surface area contributed by atoms with E-state index in [9.17, 15) is 31.1 Å². The van der Waals surface area contributed by atoms with Crippen molar-refractivity contribution in [3.63, 3.8) is 0 Å². The number of rotatable bonds is 3. The van der Waals surface area contributed by atoms with E-state index in [4.69, 9.17) is 10.5 Å². The first kappa shape index (κ1) is 21.6. The minimum Gasteiger partial charge on any atom is -0.443 e. The molecule has 3 N–H and O–H groups in total. The molecule has 5 nitrogen and oxygen atoms in total. The molecule has 0 unspecified atom stereocenters. The Labute approximate surface area is 145 Å². The van der Waals surface area contributed by atoms with E-state index in [0.717, 1.165) is 0 Å². The van der Waals surface area contributed by atoms with Gasteiger partial charge in [-0.1, -0.05) is 0 Å². The summed E-state index contributed by atoms with van der Waals surface area (Å²) in [6, 6.07) is 1.08. The van der Waals surface area contributed by atoms with Gasteiger partial charge in [-0.2, -0.15) is 31.4 Å². The van der Waals surface area contributed by atoms with Gasteiger partial charge in [0, 0.05) is 6.42 Å². The van der Waals surface area contributed by atoms with E-state index in [0.29, 0.717) is 12.1 Å². The largest absolute Gasteiger partial charge is 0.443 e. The van der Waals surface area contributed by atoms with E-state index in [1.807, 2.05) is 5.43 Å². The van der Waals surface area contributed by atoms with Crippen molar-refractivity contribution >= 4 is 11.9 Å². The average Bonchev–Trinajstić information content (AvgIpc) is 2.41. The first-order valence-electron chi connectivity index (χ1n) is 7.17. The van der Waals surface area contributed by atoms with Crippen LogP contribution < -0.4 is 11.2 Å². The van der Waals surface area contributed by atoms with Gasteiger partial charge in [-0.15, -0.1) is 0 Å². The predicted molar refractivity (Wildman–Crippen MR) is 81.1 cm³/mol. The number of hydrogen-bond acceptors (Lipinski definition) is 3. The third kappa shape index (κ3) is 7.19. The minimum atomic E-state index is -4.96. The number of alkyl halides is 6. The van der Waals surface area contributed by atoms with E-state index in [-0.39, 0.29) is 11.6 Å². The number of carbonyl (C=O) groups excluding carboxylic acids is 1. The number of carbonyl (C=O) groups is 1. The van der Waals surface area contributed by atoms with Crippen molar-refractivity contribution in [3.05, 3.63) is 34.9 Å². The molecule has 0 heterocycles. The van der Waals surface area contributed by atoms with Gasteiger partial charge in [-0.3, -0.25) is 0 Å². The SMILES string of the molecule is CC(C)(C)OC(=O)N/N=C(/N)Cc1cc(C(F)(F)F)cc(C(F)(F)F)c1. The van der Waals surface area contributed by atoms with Crippen molar-refractivity contribution in [3.8, 4) is 0 Å². The van der Waals surface area contributed by atoms with Crippen LogP contribution in [0.3, 0.4) is 0 Å². The van der Waals surface area contributed by atoms with Crippen LogP contribution >= 0.6 is 0 Å². The molecular formula is C15H17F6N3O2. The number of hydrazone groups is 1. The highest BCUT2D eigenvalue weighted by Crippen LogP contribution is 2.36. The standard InChI is InChI=1S/C15H17F6N3O2/c1-13(2,3)26-12(25)24-23-11(22)6-8-4-9(14(16,17)18)7-10(5-8)15(19,20)21/h4-5,7H,6H2,1-3H3,(H2,22,23)(H,24,25). The Bertz CT molecular complexity index is 658. The number of nitrogens with two attached hydrogens (primary N) is 1. The summed E-state index contributed by atoms with van der Waals surface area (Å²) in [5.74, 6) is -0.400. The molecule has 11 heteroatoms. The number of amidine groups is 1. The molecule has 0 aliphatic rings. The lowest BCUT2D eigenvalue weighted by Gasteiger charge is -2.18. The summed E-state index contributed by atoms with van der Waals surface area (Å²) in [6.45, 7) is 4.75. The molecule has 1 amide bonds. The van der Waals surface area contributed by atoms with Gasteiger partial charge in [0.1, 0.15) is 11.4 Å². The van der Waals surface area contributed by atoms with Crippen molar-refractivity contribution in [2.45, 2.75) is 45.1 Å². The van der Waals surface area contributed by atoms with Crippen LogP contribution in [-0.2, 0) is 23.5 Å². The summed E-state index contributed by atoms with van der Waals surface area (Å²) in [5.41, 5.74) is 3.25. The summed E-state index contributed by atoms with van der Waals surface area (Å²) >= 11 is 0. The number of hydrogen-bond donors (Lipinski definition) is 2. The quantitative estimate of drug-likeness (QED) is 0.357. The fourth-order valence-electron chi connectivity index (χ4n) is 1.79. The zero-order chi connectivity index (χ0) is 20.3. The van der Waals surface area contributed by atoms with Crippen LogP contribution in [0.1, 0.15) is 37.5 Å². The van der Waals surface area contributed by atoms with Crippen molar-refractivity contribution in [1.82, 2.24) is 5.43 Å². The van der Waals surface area contributed by atoms with Gasteiger partial charge >= 0.3 is 18.4 Å². The average molecular weight is 385 g/mol. The molecule has 0 bridgehead atoms. The number of halogens is 6. The third-order valence-electron chi connectivity index (χ3n) is 2.72. The van der Waals surface area contributed by atoms with E-state index in [1.54, 1.807) is 20.8 Å². The van der Waals surface area contributed by atoms with Gasteiger partial charge in [0.25, 0.3) is 0 Å². The Morgan fingerprint density at radius 3 is 1.88 bits per heavy atom. The number of nitrogens with zero attached hydrogens (tertiary/aromatic N) is 1. The van der Waals surface area contributed by atoms with E-state index < -0.39 is 47.4 Å². The predicted octanol–water partition coefficient (Wildman–Crippen LogP) is 4.06. The lowest BCUT2D eigenvalue weighted by Crippen LogP contribution is -2.31. The van der Waals surface area contributed by atoms with Crippen LogP contribution in [0, 0.1) is 0 Å². The van der Waals surface area contributed by atoms with Crippen molar-refractivity contribution in [1.29, 1.82) is 0 Å². The Kier molecular flexibility index (Phi) is 6.16. The first-order chi connectivity index (χ1) is 11.6. The Morgan fingerprint density at radius 1 is 1.04 bits per heavy atom. The summed E-state index contributed by atoms with van der Waals surface area (Å²) in [7, 11) is 0. The van der Waals surface area contributed by atoms with Crippen molar-refractivity contribution < 1.29 is 35.9 Å². The molecule has 0 radical (unpaired) electrons. The molecule has 0 aliphatic heterocycles. The van der Waals surface area contributed by atoms with Crippen molar-refractivity contribution in [2.24, 2.45) is 10.8 Å². The summed E-state index contributed by atoms with van der Waals surface area (Å²) in [4.78, 5) is 11.4. The molecule has 0 saturated carbocycles. The molecule has 0 aliphatic carbocycles. The van der Waals surface area contributed by atoms with Crippen LogP contribution in [0.5, 0.6) is 0 Å². The van der Waals surface area contributed by atoms with Crippen LogP contribution in [0.2, 0.25) is 0 Å². The second kappa shape index (κ2) is 7.42. The van der Waals surface area contributed by atoms with Gasteiger partial charge in [-0.05, 0) is 44.5 Å². The number of benzene rings is 1. The highest BCUT2D eigenvalue weighted by Gasteiger charge is 2.36. The molecule has 26 heavy (non-hydrogen) atoms. The Balaban J connectivity index is 3.01. The summed E-state index contributed by atoms with van der Waals surface area (Å²) in [6.07, 6.45) is -11.4. The van der Waals surface area contributed by atoms with Crippen molar-refractivity contribution in [2.75, 3.05) is 0 Å².